The molecule has 24 heavy (non-hydrogen) atoms. The minimum absolute atomic E-state index is 0.116. The van der Waals surface area contributed by atoms with E-state index in [9.17, 15) is 4.79 Å². The number of aryl methyl sites for hydroxylation is 1. The fourth-order valence-corrected chi connectivity index (χ4v) is 2.70. The normalized spacial score (nSPS) is 12.1. The summed E-state index contributed by atoms with van der Waals surface area (Å²) in [6.45, 7) is 3.99. The summed E-state index contributed by atoms with van der Waals surface area (Å²) in [5.41, 5.74) is 8.89. The lowest BCUT2D eigenvalue weighted by Gasteiger charge is -2.13. The second-order valence-corrected chi connectivity index (χ2v) is 5.78. The predicted molar refractivity (Wildman–Crippen MR) is 94.7 cm³/mol. The van der Waals surface area contributed by atoms with Crippen LogP contribution in [0.25, 0.3) is 11.4 Å². The number of nitrogens with zero attached hydrogens (tertiary/aromatic N) is 3. The first-order valence-corrected chi connectivity index (χ1v) is 7.99. The van der Waals surface area contributed by atoms with Crippen LogP contribution >= 0.6 is 0 Å². The van der Waals surface area contributed by atoms with Crippen LogP contribution < -0.4 is 5.73 Å². The first kappa shape index (κ1) is 15.9. The van der Waals surface area contributed by atoms with Crippen LogP contribution in [0.4, 0.5) is 5.95 Å². The van der Waals surface area contributed by atoms with Crippen molar-refractivity contribution < 1.29 is 4.79 Å². The molecule has 0 radical (unpaired) electrons. The van der Waals surface area contributed by atoms with Gasteiger partial charge in [0.15, 0.2) is 5.82 Å². The zero-order valence-corrected chi connectivity index (χ0v) is 13.8. The Morgan fingerprint density at radius 2 is 1.79 bits per heavy atom. The van der Waals surface area contributed by atoms with E-state index in [1.165, 1.54) is 4.68 Å². The van der Waals surface area contributed by atoms with Gasteiger partial charge in [0.05, 0.1) is 5.92 Å². The number of hydrogen-bond acceptors (Lipinski definition) is 4. The van der Waals surface area contributed by atoms with Crippen molar-refractivity contribution in [2.24, 2.45) is 0 Å². The van der Waals surface area contributed by atoms with Gasteiger partial charge in [-0.1, -0.05) is 67.1 Å². The van der Waals surface area contributed by atoms with Crippen LogP contribution in [-0.4, -0.2) is 20.7 Å². The monoisotopic (exact) mass is 320 g/mol. The van der Waals surface area contributed by atoms with E-state index in [0.29, 0.717) is 12.2 Å². The molecule has 3 aromatic rings. The summed E-state index contributed by atoms with van der Waals surface area (Å²) in [4.78, 5) is 17.1. The van der Waals surface area contributed by atoms with E-state index in [1.807, 2.05) is 68.4 Å². The van der Waals surface area contributed by atoms with Crippen LogP contribution in [0.15, 0.2) is 54.6 Å². The van der Waals surface area contributed by atoms with Crippen LogP contribution in [-0.2, 0) is 0 Å². The Balaban J connectivity index is 1.94. The molecule has 0 amide bonds. The molecule has 5 nitrogen and oxygen atoms in total. The van der Waals surface area contributed by atoms with Crippen molar-refractivity contribution in [2.75, 3.05) is 5.73 Å². The molecule has 1 atom stereocenters. The van der Waals surface area contributed by atoms with Gasteiger partial charge in [-0.05, 0) is 18.9 Å². The lowest BCUT2D eigenvalue weighted by Crippen LogP contribution is -2.22. The smallest absolute Gasteiger partial charge is 0.257 e. The number of nitrogens with two attached hydrogens (primary N) is 1. The highest BCUT2D eigenvalue weighted by atomic mass is 16.2. The third kappa shape index (κ3) is 3.06. The minimum Gasteiger partial charge on any atom is -0.368 e. The number of anilines is 1. The maximum atomic E-state index is 12.9. The fourth-order valence-electron chi connectivity index (χ4n) is 2.70. The van der Waals surface area contributed by atoms with Crippen molar-refractivity contribution >= 4 is 11.9 Å². The highest BCUT2D eigenvalue weighted by Gasteiger charge is 2.24. The quantitative estimate of drug-likeness (QED) is 0.796. The maximum absolute atomic E-state index is 12.9. The lowest BCUT2D eigenvalue weighted by atomic mass is 9.96. The van der Waals surface area contributed by atoms with E-state index < -0.39 is 0 Å². The Labute approximate surface area is 141 Å². The van der Waals surface area contributed by atoms with Crippen molar-refractivity contribution in [2.45, 2.75) is 26.2 Å². The van der Waals surface area contributed by atoms with Gasteiger partial charge >= 0.3 is 0 Å². The number of hydrogen-bond donors (Lipinski definition) is 1. The molecule has 3 rings (SSSR count). The number of aromatic nitrogens is 3. The molecular weight excluding hydrogens is 300 g/mol. The zero-order valence-electron chi connectivity index (χ0n) is 13.8. The van der Waals surface area contributed by atoms with Gasteiger partial charge in [0.25, 0.3) is 5.91 Å². The number of carbonyl (C=O) groups excluding carboxylic acids is 1. The van der Waals surface area contributed by atoms with E-state index >= 15 is 0 Å². The minimum atomic E-state index is -0.291. The summed E-state index contributed by atoms with van der Waals surface area (Å²) in [5.74, 6) is 0.127. The largest absolute Gasteiger partial charge is 0.368 e. The van der Waals surface area contributed by atoms with Gasteiger partial charge in [0.2, 0.25) is 5.95 Å². The van der Waals surface area contributed by atoms with E-state index in [-0.39, 0.29) is 17.8 Å². The Kier molecular flexibility index (Phi) is 4.42. The average molecular weight is 320 g/mol. The van der Waals surface area contributed by atoms with Gasteiger partial charge in [-0.2, -0.15) is 9.67 Å². The lowest BCUT2D eigenvalue weighted by molar-refractivity contribution is 0.0862. The van der Waals surface area contributed by atoms with Gasteiger partial charge in [-0.15, -0.1) is 5.10 Å². The molecule has 2 N–H and O–H groups in total. The topological polar surface area (TPSA) is 73.8 Å². The molecule has 0 fully saturated rings. The Bertz CT molecular complexity index is 838. The second-order valence-electron chi connectivity index (χ2n) is 5.78. The SMILES string of the molecule is CC[C@@H](C(=O)n1nc(-c2ccc(C)cc2)nc1N)c1ccccc1. The van der Waals surface area contributed by atoms with Gasteiger partial charge in [-0.3, -0.25) is 4.79 Å². The summed E-state index contributed by atoms with van der Waals surface area (Å²) in [6, 6.07) is 17.5. The van der Waals surface area contributed by atoms with Gasteiger partial charge in [-0.25, -0.2) is 0 Å². The average Bonchev–Trinajstić information content (AvgIpc) is 2.99. The van der Waals surface area contributed by atoms with Gasteiger partial charge in [0, 0.05) is 5.56 Å². The van der Waals surface area contributed by atoms with Gasteiger partial charge in [0.1, 0.15) is 0 Å². The number of nitrogen functional groups attached to an aromatic ring is 1. The van der Waals surface area contributed by atoms with E-state index in [0.717, 1.165) is 16.7 Å². The van der Waals surface area contributed by atoms with Crippen LogP contribution in [0.1, 0.15) is 35.2 Å². The highest BCUT2D eigenvalue weighted by Crippen LogP contribution is 2.24. The molecule has 0 spiro atoms. The fraction of sp³-hybridized carbons (Fsp3) is 0.211. The van der Waals surface area contributed by atoms with Gasteiger partial charge < -0.3 is 5.73 Å². The molecular formula is C19H20N4O. The van der Waals surface area contributed by atoms with Crippen molar-refractivity contribution in [1.29, 1.82) is 0 Å². The Hall–Kier alpha value is -2.95. The molecule has 0 aliphatic heterocycles. The standard InChI is InChI=1S/C19H20N4O/c1-3-16(14-7-5-4-6-8-14)18(24)23-19(20)21-17(22-23)15-11-9-13(2)10-12-15/h4-12,16H,3H2,1-2H3,(H2,20,21,22)/t16-/m1/s1. The van der Waals surface area contributed by atoms with E-state index in [4.69, 9.17) is 5.73 Å². The number of carbonyl (C=O) groups is 1. The molecule has 0 saturated carbocycles. The van der Waals surface area contributed by atoms with Crippen LogP contribution in [0.5, 0.6) is 0 Å². The molecule has 0 aliphatic carbocycles. The van der Waals surface area contributed by atoms with Crippen molar-refractivity contribution in [3.8, 4) is 11.4 Å². The first-order valence-electron chi connectivity index (χ1n) is 7.99. The summed E-state index contributed by atoms with van der Waals surface area (Å²) in [5, 5.41) is 4.33. The molecule has 122 valence electrons. The van der Waals surface area contributed by atoms with Crippen molar-refractivity contribution in [1.82, 2.24) is 14.8 Å². The first-order chi connectivity index (χ1) is 11.6. The third-order valence-electron chi connectivity index (χ3n) is 4.06. The molecule has 0 aliphatic rings. The molecule has 1 aromatic heterocycles. The molecule has 0 unspecified atom stereocenters. The zero-order chi connectivity index (χ0) is 17.1. The number of benzene rings is 2. The summed E-state index contributed by atoms with van der Waals surface area (Å²) in [6.07, 6.45) is 0.669. The van der Waals surface area contributed by atoms with Crippen LogP contribution in [0, 0.1) is 6.92 Å². The van der Waals surface area contributed by atoms with E-state index in [2.05, 4.69) is 10.1 Å². The van der Waals surface area contributed by atoms with Crippen LogP contribution in [0.2, 0.25) is 0 Å². The summed E-state index contributed by atoms with van der Waals surface area (Å²) < 4.78 is 1.22. The molecule has 1 heterocycles. The summed E-state index contributed by atoms with van der Waals surface area (Å²) in [7, 11) is 0. The maximum Gasteiger partial charge on any atom is 0.257 e. The highest BCUT2D eigenvalue weighted by molar-refractivity contribution is 5.87. The molecule has 0 saturated heterocycles. The summed E-state index contributed by atoms with van der Waals surface area (Å²) >= 11 is 0. The second kappa shape index (κ2) is 6.66. The Morgan fingerprint density at radius 3 is 2.42 bits per heavy atom. The predicted octanol–water partition coefficient (Wildman–Crippen LogP) is 3.67. The molecule has 0 bridgehead atoms. The van der Waals surface area contributed by atoms with Crippen LogP contribution in [0.3, 0.4) is 0 Å². The third-order valence-corrected chi connectivity index (χ3v) is 4.06. The van der Waals surface area contributed by atoms with E-state index in [1.54, 1.807) is 0 Å². The van der Waals surface area contributed by atoms with Crippen molar-refractivity contribution in [3.63, 3.8) is 0 Å². The van der Waals surface area contributed by atoms with Crippen molar-refractivity contribution in [3.05, 3.63) is 65.7 Å². The Morgan fingerprint density at radius 1 is 1.12 bits per heavy atom. The molecule has 2 aromatic carbocycles. The number of rotatable bonds is 4. The molecule has 5 heteroatoms.